The molecule has 1 aromatic rings. The summed E-state index contributed by atoms with van der Waals surface area (Å²) in [6.45, 7) is 4.55. The summed E-state index contributed by atoms with van der Waals surface area (Å²) in [5.41, 5.74) is 1.95. The lowest BCUT2D eigenvalue weighted by Gasteiger charge is -2.20. The van der Waals surface area contributed by atoms with E-state index in [1.165, 1.54) is 0 Å². The second-order valence-electron chi connectivity index (χ2n) is 5.13. The lowest BCUT2D eigenvalue weighted by atomic mass is 9.99. The maximum Gasteiger partial charge on any atom is 0.307 e. The van der Waals surface area contributed by atoms with E-state index >= 15 is 0 Å². The van der Waals surface area contributed by atoms with E-state index in [0.717, 1.165) is 30.8 Å². The Bertz CT molecular complexity index is 427. The first kappa shape index (κ1) is 14.0. The number of hydrogen-bond acceptors (Lipinski definition) is 3. The van der Waals surface area contributed by atoms with Crippen molar-refractivity contribution in [2.45, 2.75) is 32.4 Å². The van der Waals surface area contributed by atoms with Crippen LogP contribution in [0.15, 0.2) is 24.3 Å². The van der Waals surface area contributed by atoms with Gasteiger partial charge in [0.1, 0.15) is 0 Å². The number of ether oxygens (including phenoxy) is 1. The molecule has 0 saturated carbocycles. The second kappa shape index (κ2) is 6.68. The highest BCUT2D eigenvalue weighted by atomic mass is 16.5. The molecule has 1 aliphatic heterocycles. The lowest BCUT2D eigenvalue weighted by Crippen LogP contribution is -2.33. The molecule has 2 atom stereocenters. The zero-order chi connectivity index (χ0) is 13.7. The molecule has 1 saturated heterocycles. The van der Waals surface area contributed by atoms with Crippen molar-refractivity contribution in [1.82, 2.24) is 5.32 Å². The quantitative estimate of drug-likeness (QED) is 0.822. The lowest BCUT2D eigenvalue weighted by molar-refractivity contribution is -0.136. The maximum absolute atomic E-state index is 10.8. The molecule has 0 bridgehead atoms. The summed E-state index contributed by atoms with van der Waals surface area (Å²) in [5.74, 6) is -0.226. The Labute approximate surface area is 113 Å². The third kappa shape index (κ3) is 4.04. The third-order valence-electron chi connectivity index (χ3n) is 3.75. The minimum atomic E-state index is -0.787. The van der Waals surface area contributed by atoms with Crippen LogP contribution in [0.1, 0.15) is 24.5 Å². The van der Waals surface area contributed by atoms with Gasteiger partial charge in [-0.25, -0.2) is 0 Å². The van der Waals surface area contributed by atoms with Crippen LogP contribution in [0, 0.1) is 5.92 Å². The minimum Gasteiger partial charge on any atom is -0.481 e. The summed E-state index contributed by atoms with van der Waals surface area (Å²) < 4.78 is 5.39. The zero-order valence-electron chi connectivity index (χ0n) is 11.3. The molecule has 4 nitrogen and oxygen atoms in total. The Morgan fingerprint density at radius 2 is 2.21 bits per heavy atom. The molecule has 1 heterocycles. The highest BCUT2D eigenvalue weighted by molar-refractivity contribution is 5.70. The predicted molar refractivity (Wildman–Crippen MR) is 73.0 cm³/mol. The van der Waals surface area contributed by atoms with Crippen molar-refractivity contribution in [2.24, 2.45) is 5.92 Å². The molecule has 19 heavy (non-hydrogen) atoms. The maximum atomic E-state index is 10.8. The number of carboxylic acids is 1. The molecule has 0 amide bonds. The van der Waals surface area contributed by atoms with Crippen molar-refractivity contribution in [1.29, 1.82) is 0 Å². The molecule has 2 rings (SSSR count). The Balaban J connectivity index is 1.92. The van der Waals surface area contributed by atoms with Gasteiger partial charge in [0.25, 0.3) is 0 Å². The van der Waals surface area contributed by atoms with Crippen LogP contribution in [-0.4, -0.2) is 30.3 Å². The van der Waals surface area contributed by atoms with Crippen LogP contribution in [0.3, 0.4) is 0 Å². The van der Waals surface area contributed by atoms with Gasteiger partial charge >= 0.3 is 5.97 Å². The van der Waals surface area contributed by atoms with Gasteiger partial charge in [0.15, 0.2) is 0 Å². The molecule has 0 spiro atoms. The molecule has 1 aliphatic rings. The molecule has 1 fully saturated rings. The summed E-state index contributed by atoms with van der Waals surface area (Å²) in [4.78, 5) is 10.8. The monoisotopic (exact) mass is 263 g/mol. The molecule has 2 unspecified atom stereocenters. The average Bonchev–Trinajstić information content (AvgIpc) is 2.90. The standard InChI is InChI=1S/C15H21NO3/c1-11(14-6-7-19-10-14)16-9-13-5-3-2-4-12(13)8-15(17)18/h2-5,11,14,16H,6-10H2,1H3,(H,17,18). The van der Waals surface area contributed by atoms with Crippen LogP contribution in [-0.2, 0) is 22.5 Å². The van der Waals surface area contributed by atoms with Gasteiger partial charge in [-0.3, -0.25) is 4.79 Å². The van der Waals surface area contributed by atoms with Crippen molar-refractivity contribution in [3.8, 4) is 0 Å². The SMILES string of the molecule is CC(NCc1ccccc1CC(=O)O)C1CCOC1. The number of nitrogens with one attached hydrogen (secondary N) is 1. The smallest absolute Gasteiger partial charge is 0.307 e. The Morgan fingerprint density at radius 1 is 1.47 bits per heavy atom. The number of benzene rings is 1. The van der Waals surface area contributed by atoms with Gasteiger partial charge in [0.05, 0.1) is 13.0 Å². The first-order valence-electron chi connectivity index (χ1n) is 6.76. The largest absolute Gasteiger partial charge is 0.481 e. The minimum absolute atomic E-state index is 0.0821. The molecule has 0 radical (unpaired) electrons. The number of aliphatic carboxylic acids is 1. The molecule has 0 aromatic heterocycles. The molecular weight excluding hydrogens is 242 g/mol. The fraction of sp³-hybridized carbons (Fsp3) is 0.533. The van der Waals surface area contributed by atoms with Gasteiger partial charge in [0.2, 0.25) is 0 Å². The van der Waals surface area contributed by atoms with E-state index in [1.54, 1.807) is 0 Å². The summed E-state index contributed by atoms with van der Waals surface area (Å²) in [6.07, 6.45) is 1.18. The van der Waals surface area contributed by atoms with E-state index in [2.05, 4.69) is 12.2 Å². The highest BCUT2D eigenvalue weighted by Crippen LogP contribution is 2.17. The summed E-state index contributed by atoms with van der Waals surface area (Å²) >= 11 is 0. The Hall–Kier alpha value is -1.39. The van der Waals surface area contributed by atoms with Crippen LogP contribution in [0.5, 0.6) is 0 Å². The average molecular weight is 263 g/mol. The fourth-order valence-electron chi connectivity index (χ4n) is 2.45. The molecule has 104 valence electrons. The van der Waals surface area contributed by atoms with E-state index in [9.17, 15) is 4.79 Å². The number of carboxylic acid groups (broad SMARTS) is 1. The first-order valence-corrected chi connectivity index (χ1v) is 6.76. The highest BCUT2D eigenvalue weighted by Gasteiger charge is 2.21. The number of carbonyl (C=O) groups is 1. The van der Waals surface area contributed by atoms with Crippen molar-refractivity contribution >= 4 is 5.97 Å². The Morgan fingerprint density at radius 3 is 2.84 bits per heavy atom. The van der Waals surface area contributed by atoms with Crippen LogP contribution in [0.25, 0.3) is 0 Å². The van der Waals surface area contributed by atoms with Crippen LogP contribution < -0.4 is 5.32 Å². The van der Waals surface area contributed by atoms with E-state index in [-0.39, 0.29) is 6.42 Å². The Kier molecular flexibility index (Phi) is 4.93. The zero-order valence-corrected chi connectivity index (χ0v) is 11.3. The van der Waals surface area contributed by atoms with Crippen LogP contribution >= 0.6 is 0 Å². The van der Waals surface area contributed by atoms with Crippen molar-refractivity contribution in [3.63, 3.8) is 0 Å². The number of rotatable bonds is 6. The fourth-order valence-corrected chi connectivity index (χ4v) is 2.45. The van der Waals surface area contributed by atoms with Gasteiger partial charge < -0.3 is 15.2 Å². The summed E-state index contributed by atoms with van der Waals surface area (Å²) in [5, 5.41) is 12.4. The van der Waals surface area contributed by atoms with Crippen molar-refractivity contribution in [3.05, 3.63) is 35.4 Å². The molecule has 4 heteroatoms. The topological polar surface area (TPSA) is 58.6 Å². The second-order valence-corrected chi connectivity index (χ2v) is 5.13. The van der Waals surface area contributed by atoms with Crippen molar-refractivity contribution < 1.29 is 14.6 Å². The van der Waals surface area contributed by atoms with E-state index in [4.69, 9.17) is 9.84 Å². The number of hydrogen-bond donors (Lipinski definition) is 2. The predicted octanol–water partition coefficient (Wildman–Crippen LogP) is 1.83. The van der Waals surface area contributed by atoms with Gasteiger partial charge in [-0.05, 0) is 30.4 Å². The summed E-state index contributed by atoms with van der Waals surface area (Å²) in [7, 11) is 0. The molecule has 1 aromatic carbocycles. The van der Waals surface area contributed by atoms with Gasteiger partial charge in [-0.15, -0.1) is 0 Å². The summed E-state index contributed by atoms with van der Waals surface area (Å²) in [6, 6.07) is 8.10. The van der Waals surface area contributed by atoms with Gasteiger partial charge in [0, 0.05) is 19.2 Å². The van der Waals surface area contributed by atoms with E-state index < -0.39 is 5.97 Å². The van der Waals surface area contributed by atoms with Gasteiger partial charge in [-0.2, -0.15) is 0 Å². The van der Waals surface area contributed by atoms with Crippen LogP contribution in [0.4, 0.5) is 0 Å². The van der Waals surface area contributed by atoms with Crippen LogP contribution in [0.2, 0.25) is 0 Å². The molecular formula is C15H21NO3. The molecule has 2 N–H and O–H groups in total. The van der Waals surface area contributed by atoms with Crippen molar-refractivity contribution in [2.75, 3.05) is 13.2 Å². The normalized spacial score (nSPS) is 20.4. The van der Waals surface area contributed by atoms with E-state index in [0.29, 0.717) is 18.5 Å². The van der Waals surface area contributed by atoms with Gasteiger partial charge in [-0.1, -0.05) is 24.3 Å². The first-order chi connectivity index (χ1) is 9.16. The van der Waals surface area contributed by atoms with E-state index in [1.807, 2.05) is 24.3 Å². The molecule has 0 aliphatic carbocycles. The third-order valence-corrected chi connectivity index (χ3v) is 3.75.